The summed E-state index contributed by atoms with van der Waals surface area (Å²) in [4.78, 5) is 0. The third-order valence-electron chi connectivity index (χ3n) is 1.60. The maximum Gasteiger partial charge on any atom is 0.141 e. The Balaban J connectivity index is 2.97. The van der Waals surface area contributed by atoms with Crippen LogP contribution in [0.5, 0.6) is 5.75 Å². The molecule has 0 aliphatic rings. The van der Waals surface area contributed by atoms with Gasteiger partial charge in [-0.25, -0.2) is 0 Å². The second-order valence-corrected chi connectivity index (χ2v) is 2.46. The van der Waals surface area contributed by atoms with Crippen LogP contribution in [-0.4, -0.2) is 7.11 Å². The molecule has 0 spiro atoms. The Morgan fingerprint density at radius 3 is 2.85 bits per heavy atom. The number of nitrogens with zero attached hydrogens (tertiary/aromatic N) is 1. The van der Waals surface area contributed by atoms with E-state index in [1.807, 2.05) is 12.1 Å². The Bertz CT molecular complexity index is 364. The minimum atomic E-state index is 0.572. The highest BCUT2D eigenvalue weighted by Crippen LogP contribution is 2.22. The zero-order chi connectivity index (χ0) is 9.68. The minimum Gasteiger partial charge on any atom is -0.495 e. The van der Waals surface area contributed by atoms with Gasteiger partial charge in [0.1, 0.15) is 5.75 Å². The summed E-state index contributed by atoms with van der Waals surface area (Å²) in [7, 11) is 1.57. The summed E-state index contributed by atoms with van der Waals surface area (Å²) in [6, 6.07) is 7.27. The number of nitriles is 1. The Morgan fingerprint density at radius 1 is 1.54 bits per heavy atom. The van der Waals surface area contributed by atoms with Crippen LogP contribution in [0.15, 0.2) is 24.3 Å². The molecule has 0 unspecified atom stereocenters. The van der Waals surface area contributed by atoms with Crippen LogP contribution in [0, 0.1) is 11.3 Å². The summed E-state index contributed by atoms with van der Waals surface area (Å²) < 4.78 is 4.99. The summed E-state index contributed by atoms with van der Waals surface area (Å²) in [5.74, 6) is 0.647. The van der Waals surface area contributed by atoms with Gasteiger partial charge in [-0.15, -0.1) is 0 Å². The fourth-order valence-corrected chi connectivity index (χ4v) is 0.990. The fraction of sp³-hybridized carbons (Fsp3) is 0.100. The Kier molecular flexibility index (Phi) is 2.93. The van der Waals surface area contributed by atoms with Gasteiger partial charge in [0.25, 0.3) is 0 Å². The van der Waals surface area contributed by atoms with Gasteiger partial charge in [-0.3, -0.25) is 0 Å². The van der Waals surface area contributed by atoms with Gasteiger partial charge in [0.15, 0.2) is 0 Å². The predicted molar refractivity (Wildman–Crippen MR) is 52.1 cm³/mol. The quantitative estimate of drug-likeness (QED) is 0.549. The molecule has 66 valence electrons. The van der Waals surface area contributed by atoms with Crippen molar-refractivity contribution in [2.45, 2.75) is 0 Å². The zero-order valence-electron chi connectivity index (χ0n) is 7.32. The van der Waals surface area contributed by atoms with Crippen LogP contribution in [0.4, 0.5) is 5.69 Å². The number of hydrogen-bond donors (Lipinski definition) is 1. The van der Waals surface area contributed by atoms with E-state index in [1.54, 1.807) is 25.3 Å². The molecule has 0 aliphatic heterocycles. The van der Waals surface area contributed by atoms with Crippen LogP contribution in [0.1, 0.15) is 5.56 Å². The van der Waals surface area contributed by atoms with Crippen molar-refractivity contribution in [3.8, 4) is 11.8 Å². The van der Waals surface area contributed by atoms with E-state index in [2.05, 4.69) is 0 Å². The van der Waals surface area contributed by atoms with Gasteiger partial charge in [-0.2, -0.15) is 5.26 Å². The smallest absolute Gasteiger partial charge is 0.141 e. The first-order valence-electron chi connectivity index (χ1n) is 3.77. The van der Waals surface area contributed by atoms with E-state index in [1.165, 1.54) is 6.08 Å². The monoisotopic (exact) mass is 174 g/mol. The van der Waals surface area contributed by atoms with Gasteiger partial charge in [0.2, 0.25) is 0 Å². The molecule has 0 atom stereocenters. The van der Waals surface area contributed by atoms with E-state index in [4.69, 9.17) is 15.7 Å². The molecule has 0 saturated carbocycles. The number of anilines is 1. The number of hydrogen-bond acceptors (Lipinski definition) is 3. The number of allylic oxidation sites excluding steroid dienone is 1. The number of ether oxygens (including phenoxy) is 1. The Morgan fingerprint density at radius 2 is 2.31 bits per heavy atom. The highest BCUT2D eigenvalue weighted by atomic mass is 16.5. The van der Waals surface area contributed by atoms with Crippen LogP contribution in [0.25, 0.3) is 6.08 Å². The van der Waals surface area contributed by atoms with Crippen LogP contribution in [0.2, 0.25) is 0 Å². The molecule has 0 bridgehead atoms. The molecule has 0 saturated heterocycles. The molecule has 0 aliphatic carbocycles. The molecule has 3 nitrogen and oxygen atoms in total. The molecule has 0 fully saturated rings. The maximum absolute atomic E-state index is 8.30. The van der Waals surface area contributed by atoms with Gasteiger partial charge >= 0.3 is 0 Å². The molecule has 3 heteroatoms. The van der Waals surface area contributed by atoms with Gasteiger partial charge in [0, 0.05) is 6.08 Å². The minimum absolute atomic E-state index is 0.572. The molecule has 0 heterocycles. The highest BCUT2D eigenvalue weighted by molar-refractivity contribution is 5.62. The van der Waals surface area contributed by atoms with Crippen molar-refractivity contribution in [3.05, 3.63) is 29.8 Å². The molecule has 1 aromatic rings. The Hall–Kier alpha value is -1.95. The van der Waals surface area contributed by atoms with Crippen molar-refractivity contribution in [2.24, 2.45) is 0 Å². The molecule has 13 heavy (non-hydrogen) atoms. The van der Waals surface area contributed by atoms with Gasteiger partial charge in [0.05, 0.1) is 18.9 Å². The number of nitrogen functional groups attached to an aromatic ring is 1. The molecular weight excluding hydrogens is 164 g/mol. The van der Waals surface area contributed by atoms with E-state index in [9.17, 15) is 0 Å². The van der Waals surface area contributed by atoms with Crippen molar-refractivity contribution >= 4 is 11.8 Å². The highest BCUT2D eigenvalue weighted by Gasteiger charge is 1.97. The molecule has 0 aromatic heterocycles. The van der Waals surface area contributed by atoms with E-state index < -0.39 is 0 Å². The van der Waals surface area contributed by atoms with Gasteiger partial charge < -0.3 is 10.5 Å². The third kappa shape index (κ3) is 2.24. The van der Waals surface area contributed by atoms with E-state index in [-0.39, 0.29) is 0 Å². The second kappa shape index (κ2) is 4.17. The van der Waals surface area contributed by atoms with Crippen molar-refractivity contribution in [2.75, 3.05) is 12.8 Å². The Labute approximate surface area is 77.0 Å². The first kappa shape index (κ1) is 9.14. The topological polar surface area (TPSA) is 59.0 Å². The predicted octanol–water partition coefficient (Wildman–Crippen LogP) is 1.81. The summed E-state index contributed by atoms with van der Waals surface area (Å²) in [6.45, 7) is 0. The number of nitrogens with two attached hydrogens (primary N) is 1. The lowest BCUT2D eigenvalue weighted by atomic mass is 10.2. The summed E-state index contributed by atoms with van der Waals surface area (Å²) >= 11 is 0. The van der Waals surface area contributed by atoms with Crippen LogP contribution < -0.4 is 10.5 Å². The molecular formula is C10H10N2O. The summed E-state index contributed by atoms with van der Waals surface area (Å²) in [6.07, 6.45) is 3.09. The standard InChI is InChI=1S/C10H10N2O/c1-13-10-5-4-8(3-2-6-11)7-9(10)12/h2-5,7H,12H2,1H3. The van der Waals surface area contributed by atoms with Crippen molar-refractivity contribution in [1.82, 2.24) is 0 Å². The molecule has 2 N–H and O–H groups in total. The largest absolute Gasteiger partial charge is 0.495 e. The molecule has 1 aromatic carbocycles. The molecule has 0 radical (unpaired) electrons. The van der Waals surface area contributed by atoms with Gasteiger partial charge in [-0.1, -0.05) is 6.07 Å². The third-order valence-corrected chi connectivity index (χ3v) is 1.60. The number of methoxy groups -OCH3 is 1. The number of rotatable bonds is 2. The fourth-order valence-electron chi connectivity index (χ4n) is 0.990. The average molecular weight is 174 g/mol. The molecule has 0 amide bonds. The van der Waals surface area contributed by atoms with E-state index in [0.717, 1.165) is 5.56 Å². The van der Waals surface area contributed by atoms with Gasteiger partial charge in [-0.05, 0) is 23.8 Å². The summed E-state index contributed by atoms with van der Waals surface area (Å²) in [5, 5.41) is 8.30. The normalized spacial score (nSPS) is 9.85. The van der Waals surface area contributed by atoms with E-state index in [0.29, 0.717) is 11.4 Å². The lowest BCUT2D eigenvalue weighted by molar-refractivity contribution is 0.417. The van der Waals surface area contributed by atoms with Crippen molar-refractivity contribution in [1.29, 1.82) is 5.26 Å². The van der Waals surface area contributed by atoms with Crippen molar-refractivity contribution in [3.63, 3.8) is 0 Å². The van der Waals surface area contributed by atoms with E-state index >= 15 is 0 Å². The zero-order valence-corrected chi connectivity index (χ0v) is 7.32. The first-order chi connectivity index (χ1) is 6.27. The average Bonchev–Trinajstić information content (AvgIpc) is 2.15. The van der Waals surface area contributed by atoms with Crippen LogP contribution >= 0.6 is 0 Å². The lowest BCUT2D eigenvalue weighted by Crippen LogP contribution is -1.91. The first-order valence-corrected chi connectivity index (χ1v) is 3.77. The maximum atomic E-state index is 8.30. The van der Waals surface area contributed by atoms with Crippen LogP contribution in [0.3, 0.4) is 0 Å². The SMILES string of the molecule is COc1ccc(C=CC#N)cc1N. The summed E-state index contributed by atoms with van der Waals surface area (Å²) in [5.41, 5.74) is 7.12. The van der Waals surface area contributed by atoms with Crippen LogP contribution in [-0.2, 0) is 0 Å². The second-order valence-electron chi connectivity index (χ2n) is 2.46. The lowest BCUT2D eigenvalue weighted by Gasteiger charge is -2.03. The van der Waals surface area contributed by atoms with Crippen molar-refractivity contribution < 1.29 is 4.74 Å². The number of benzene rings is 1. The molecule has 1 rings (SSSR count).